The van der Waals surface area contributed by atoms with Crippen LogP contribution in [0.15, 0.2) is 30.6 Å². The van der Waals surface area contributed by atoms with Gasteiger partial charge in [0.2, 0.25) is 0 Å². The second kappa shape index (κ2) is 6.83. The zero-order valence-corrected chi connectivity index (χ0v) is 13.1. The molecule has 0 spiro atoms. The number of nitrogens with one attached hydrogen (secondary N) is 2. The molecule has 1 saturated heterocycles. The third-order valence-corrected chi connectivity index (χ3v) is 4.16. The van der Waals surface area contributed by atoms with E-state index in [1.807, 2.05) is 12.1 Å². The van der Waals surface area contributed by atoms with E-state index < -0.39 is 0 Å². The third-order valence-electron chi connectivity index (χ3n) is 3.86. The molecule has 2 aromatic rings. The third kappa shape index (κ3) is 3.42. The average molecular weight is 319 g/mol. The molecule has 1 aliphatic rings. The highest BCUT2D eigenvalue weighted by Gasteiger charge is 2.16. The van der Waals surface area contributed by atoms with Crippen molar-refractivity contribution in [3.8, 4) is 0 Å². The van der Waals surface area contributed by atoms with Crippen molar-refractivity contribution in [1.82, 2.24) is 15.3 Å². The summed E-state index contributed by atoms with van der Waals surface area (Å²) in [6.45, 7) is 2.61. The largest absolute Gasteiger partial charge is 0.370 e. The standard InChI is InChI=1S/C16H19ClN4O/c17-13-11-12(3-4-14(13)21-9-1-2-10-21)16(22)20-6-5-15-18-7-8-19-15/h3-4,7-8,11H,1-2,5-6,9-10H2,(H,18,19)(H,20,22). The summed E-state index contributed by atoms with van der Waals surface area (Å²) >= 11 is 6.33. The number of nitrogens with zero attached hydrogens (tertiary/aromatic N) is 2. The molecule has 3 rings (SSSR count). The van der Waals surface area contributed by atoms with E-state index >= 15 is 0 Å². The molecule has 2 N–H and O–H groups in total. The number of imidazole rings is 1. The minimum atomic E-state index is -0.110. The summed E-state index contributed by atoms with van der Waals surface area (Å²) in [5.41, 5.74) is 1.61. The number of halogens is 1. The zero-order chi connectivity index (χ0) is 15.4. The number of rotatable bonds is 5. The monoisotopic (exact) mass is 318 g/mol. The Morgan fingerprint density at radius 1 is 1.36 bits per heavy atom. The number of hydrogen-bond donors (Lipinski definition) is 2. The van der Waals surface area contributed by atoms with Gasteiger partial charge in [0.15, 0.2) is 0 Å². The van der Waals surface area contributed by atoms with E-state index in [2.05, 4.69) is 20.2 Å². The Bertz CT molecular complexity index is 636. The van der Waals surface area contributed by atoms with Crippen LogP contribution in [0.3, 0.4) is 0 Å². The van der Waals surface area contributed by atoms with E-state index in [0.717, 1.165) is 24.6 Å². The maximum atomic E-state index is 12.1. The van der Waals surface area contributed by atoms with E-state index in [1.165, 1.54) is 12.8 Å². The summed E-state index contributed by atoms with van der Waals surface area (Å²) < 4.78 is 0. The van der Waals surface area contributed by atoms with Crippen molar-refractivity contribution < 1.29 is 4.79 Å². The molecule has 0 atom stereocenters. The smallest absolute Gasteiger partial charge is 0.251 e. The predicted molar refractivity (Wildman–Crippen MR) is 87.5 cm³/mol. The number of aromatic nitrogens is 2. The molecule has 1 aromatic carbocycles. The molecule has 0 saturated carbocycles. The second-order valence-corrected chi connectivity index (χ2v) is 5.81. The van der Waals surface area contributed by atoms with Crippen LogP contribution < -0.4 is 10.2 Å². The normalized spacial score (nSPS) is 14.3. The van der Waals surface area contributed by atoms with E-state index in [4.69, 9.17) is 11.6 Å². The summed E-state index contributed by atoms with van der Waals surface area (Å²) in [4.78, 5) is 21.5. The molecule has 6 heteroatoms. The predicted octanol–water partition coefficient (Wildman–Crippen LogP) is 2.64. The minimum absolute atomic E-state index is 0.110. The first-order valence-electron chi connectivity index (χ1n) is 7.55. The van der Waals surface area contributed by atoms with Crippen molar-refractivity contribution in [1.29, 1.82) is 0 Å². The van der Waals surface area contributed by atoms with Crippen molar-refractivity contribution in [2.75, 3.05) is 24.5 Å². The van der Waals surface area contributed by atoms with E-state index in [0.29, 0.717) is 23.6 Å². The van der Waals surface area contributed by atoms with Crippen LogP contribution in [-0.4, -0.2) is 35.5 Å². The Hall–Kier alpha value is -2.01. The molecule has 1 aromatic heterocycles. The van der Waals surface area contributed by atoms with Gasteiger partial charge in [-0.25, -0.2) is 4.98 Å². The summed E-state index contributed by atoms with van der Waals surface area (Å²) in [5.74, 6) is 0.754. The van der Waals surface area contributed by atoms with Gasteiger partial charge in [-0.05, 0) is 31.0 Å². The highest BCUT2D eigenvalue weighted by Crippen LogP contribution is 2.29. The van der Waals surface area contributed by atoms with Crippen molar-refractivity contribution >= 4 is 23.2 Å². The maximum Gasteiger partial charge on any atom is 0.251 e. The van der Waals surface area contributed by atoms with E-state index in [1.54, 1.807) is 18.5 Å². The lowest BCUT2D eigenvalue weighted by Gasteiger charge is -2.19. The lowest BCUT2D eigenvalue weighted by Crippen LogP contribution is -2.26. The Kier molecular flexibility index (Phi) is 4.63. The molecule has 2 heterocycles. The summed E-state index contributed by atoms with van der Waals surface area (Å²) in [6, 6.07) is 5.52. The fraction of sp³-hybridized carbons (Fsp3) is 0.375. The Morgan fingerprint density at radius 3 is 2.86 bits per heavy atom. The highest BCUT2D eigenvalue weighted by atomic mass is 35.5. The summed E-state index contributed by atoms with van der Waals surface area (Å²) in [6.07, 6.45) is 6.55. The number of H-pyrrole nitrogens is 1. The Morgan fingerprint density at radius 2 is 2.18 bits per heavy atom. The quantitative estimate of drug-likeness (QED) is 0.891. The van der Waals surface area contributed by atoms with Gasteiger partial charge in [0.1, 0.15) is 5.82 Å². The highest BCUT2D eigenvalue weighted by molar-refractivity contribution is 6.33. The van der Waals surface area contributed by atoms with Crippen LogP contribution in [0.1, 0.15) is 29.0 Å². The van der Waals surface area contributed by atoms with E-state index in [9.17, 15) is 4.79 Å². The number of amides is 1. The van der Waals surface area contributed by atoms with Crippen LogP contribution in [0.2, 0.25) is 5.02 Å². The number of anilines is 1. The van der Waals surface area contributed by atoms with Crippen LogP contribution in [0.5, 0.6) is 0 Å². The number of carbonyl (C=O) groups is 1. The molecule has 0 radical (unpaired) electrons. The molecule has 1 amide bonds. The molecule has 0 bridgehead atoms. The van der Waals surface area contributed by atoms with Crippen molar-refractivity contribution in [2.45, 2.75) is 19.3 Å². The fourth-order valence-corrected chi connectivity index (χ4v) is 2.99. The lowest BCUT2D eigenvalue weighted by molar-refractivity contribution is 0.0954. The van der Waals surface area contributed by atoms with Crippen molar-refractivity contribution in [3.05, 3.63) is 47.0 Å². The zero-order valence-electron chi connectivity index (χ0n) is 12.3. The van der Waals surface area contributed by atoms with Crippen LogP contribution in [-0.2, 0) is 6.42 Å². The number of hydrogen-bond acceptors (Lipinski definition) is 3. The average Bonchev–Trinajstić information content (AvgIpc) is 3.20. The van der Waals surface area contributed by atoms with Gasteiger partial charge in [-0.15, -0.1) is 0 Å². The number of benzene rings is 1. The summed E-state index contributed by atoms with van der Waals surface area (Å²) in [7, 11) is 0. The van der Waals surface area contributed by atoms with Crippen LogP contribution >= 0.6 is 11.6 Å². The molecule has 5 nitrogen and oxygen atoms in total. The van der Waals surface area contributed by atoms with Crippen LogP contribution in [0.25, 0.3) is 0 Å². The second-order valence-electron chi connectivity index (χ2n) is 5.40. The van der Waals surface area contributed by atoms with Crippen LogP contribution in [0, 0.1) is 0 Å². The number of aromatic amines is 1. The van der Waals surface area contributed by atoms with Gasteiger partial charge < -0.3 is 15.2 Å². The lowest BCUT2D eigenvalue weighted by atomic mass is 10.2. The first-order chi connectivity index (χ1) is 10.7. The molecule has 1 aliphatic heterocycles. The molecule has 22 heavy (non-hydrogen) atoms. The Balaban J connectivity index is 1.59. The Labute approximate surface area is 134 Å². The minimum Gasteiger partial charge on any atom is -0.370 e. The molecular formula is C16H19ClN4O. The maximum absolute atomic E-state index is 12.1. The van der Waals surface area contributed by atoms with Gasteiger partial charge in [-0.2, -0.15) is 0 Å². The van der Waals surface area contributed by atoms with Gasteiger partial charge in [-0.3, -0.25) is 4.79 Å². The van der Waals surface area contributed by atoms with Crippen molar-refractivity contribution in [2.24, 2.45) is 0 Å². The van der Waals surface area contributed by atoms with Gasteiger partial charge >= 0.3 is 0 Å². The van der Waals surface area contributed by atoms with Gasteiger partial charge in [0.05, 0.1) is 10.7 Å². The van der Waals surface area contributed by atoms with Gasteiger partial charge in [-0.1, -0.05) is 11.6 Å². The van der Waals surface area contributed by atoms with Gasteiger partial charge in [0, 0.05) is 44.0 Å². The SMILES string of the molecule is O=C(NCCc1ncc[nH]1)c1ccc(N2CCCC2)c(Cl)c1. The summed E-state index contributed by atoms with van der Waals surface area (Å²) in [5, 5.41) is 3.52. The fourth-order valence-electron chi connectivity index (χ4n) is 2.69. The van der Waals surface area contributed by atoms with Crippen LogP contribution in [0.4, 0.5) is 5.69 Å². The van der Waals surface area contributed by atoms with E-state index in [-0.39, 0.29) is 5.91 Å². The molecule has 0 aliphatic carbocycles. The van der Waals surface area contributed by atoms with Crippen molar-refractivity contribution in [3.63, 3.8) is 0 Å². The molecule has 1 fully saturated rings. The first-order valence-corrected chi connectivity index (χ1v) is 7.93. The first kappa shape index (κ1) is 14.9. The molecule has 0 unspecified atom stereocenters. The molecular weight excluding hydrogens is 300 g/mol. The molecule has 116 valence electrons. The number of carbonyl (C=O) groups excluding carboxylic acids is 1. The topological polar surface area (TPSA) is 61.0 Å². The van der Waals surface area contributed by atoms with Gasteiger partial charge in [0.25, 0.3) is 5.91 Å².